The number of rotatable bonds is 3. The van der Waals surface area contributed by atoms with E-state index in [0.29, 0.717) is 6.61 Å². The molecule has 0 radical (unpaired) electrons. The first-order valence-electron chi connectivity index (χ1n) is 4.33. The van der Waals surface area contributed by atoms with Crippen LogP contribution >= 0.6 is 11.6 Å². The Morgan fingerprint density at radius 2 is 2.07 bits per heavy atom. The smallest absolute Gasteiger partial charge is 0.349 e. The largest absolute Gasteiger partial charge is 0.462 e. The van der Waals surface area contributed by atoms with Gasteiger partial charge in [-0.2, -0.15) is 0 Å². The number of hydrogen-bond acceptors (Lipinski definition) is 2. The molecule has 0 heterocycles. The molecule has 3 heteroatoms. The molecule has 0 aliphatic carbocycles. The van der Waals surface area contributed by atoms with Gasteiger partial charge in [0.1, 0.15) is 5.03 Å². The summed E-state index contributed by atoms with van der Waals surface area (Å²) in [7, 11) is 0. The minimum absolute atomic E-state index is 0.0954. The summed E-state index contributed by atoms with van der Waals surface area (Å²) >= 11 is 5.73. The Balaban J connectivity index is 2.74. The number of benzene rings is 1. The third kappa shape index (κ3) is 3.23. The second kappa shape index (κ2) is 5.45. The van der Waals surface area contributed by atoms with Gasteiger partial charge in [-0.1, -0.05) is 41.9 Å². The predicted octanol–water partition coefficient (Wildman–Crippen LogP) is 2.83. The topological polar surface area (TPSA) is 26.3 Å². The molecule has 0 saturated heterocycles. The molecule has 0 aliphatic rings. The van der Waals surface area contributed by atoms with Crippen LogP contribution in [-0.4, -0.2) is 12.6 Å². The fraction of sp³-hybridized carbons (Fsp3) is 0.182. The molecule has 0 atom stereocenters. The van der Waals surface area contributed by atoms with Crippen LogP contribution in [0, 0.1) is 0 Å². The Labute approximate surface area is 88.1 Å². The number of esters is 1. The van der Waals surface area contributed by atoms with E-state index in [1.165, 1.54) is 0 Å². The number of carbonyl (C=O) groups excluding carboxylic acids is 1. The first-order valence-corrected chi connectivity index (χ1v) is 4.71. The van der Waals surface area contributed by atoms with Gasteiger partial charge in [0.2, 0.25) is 0 Å². The second-order valence-corrected chi connectivity index (χ2v) is 3.03. The van der Waals surface area contributed by atoms with Crippen LogP contribution < -0.4 is 0 Å². The zero-order chi connectivity index (χ0) is 10.4. The minimum Gasteiger partial charge on any atom is -0.462 e. The van der Waals surface area contributed by atoms with Crippen molar-refractivity contribution in [3.8, 4) is 0 Å². The van der Waals surface area contributed by atoms with Crippen molar-refractivity contribution in [2.75, 3.05) is 6.61 Å². The van der Waals surface area contributed by atoms with E-state index in [4.69, 9.17) is 16.3 Å². The molecule has 2 nitrogen and oxygen atoms in total. The molecule has 0 saturated carbocycles. The van der Waals surface area contributed by atoms with E-state index in [1.807, 2.05) is 30.3 Å². The molecule has 1 aromatic rings. The van der Waals surface area contributed by atoms with Crippen molar-refractivity contribution in [3.05, 3.63) is 40.9 Å². The molecule has 0 bridgehead atoms. The number of halogens is 1. The summed E-state index contributed by atoms with van der Waals surface area (Å²) in [6.07, 6.45) is 1.58. The van der Waals surface area contributed by atoms with Crippen LogP contribution in [0.5, 0.6) is 0 Å². The van der Waals surface area contributed by atoms with E-state index in [2.05, 4.69) is 0 Å². The lowest BCUT2D eigenvalue weighted by Crippen LogP contribution is -2.03. The number of ether oxygens (including phenoxy) is 1. The van der Waals surface area contributed by atoms with Gasteiger partial charge in [0.25, 0.3) is 0 Å². The SMILES string of the molecule is CCOC(=O)/C(Cl)=C/c1ccccc1. The summed E-state index contributed by atoms with van der Waals surface area (Å²) in [5, 5.41) is 0.0954. The van der Waals surface area contributed by atoms with Gasteiger partial charge >= 0.3 is 5.97 Å². The summed E-state index contributed by atoms with van der Waals surface area (Å²) in [4.78, 5) is 11.1. The summed E-state index contributed by atoms with van der Waals surface area (Å²) in [5.41, 5.74) is 0.880. The second-order valence-electron chi connectivity index (χ2n) is 2.62. The van der Waals surface area contributed by atoms with Gasteiger partial charge in [-0.3, -0.25) is 0 Å². The van der Waals surface area contributed by atoms with E-state index >= 15 is 0 Å². The highest BCUT2D eigenvalue weighted by molar-refractivity contribution is 6.43. The van der Waals surface area contributed by atoms with Gasteiger partial charge in [0.15, 0.2) is 0 Å². The Bertz CT molecular complexity index is 330. The van der Waals surface area contributed by atoms with E-state index < -0.39 is 5.97 Å². The third-order valence-corrected chi connectivity index (χ3v) is 1.83. The Morgan fingerprint density at radius 1 is 1.43 bits per heavy atom. The molecule has 0 spiro atoms. The summed E-state index contributed by atoms with van der Waals surface area (Å²) in [6.45, 7) is 2.07. The molecule has 0 aromatic heterocycles. The fourth-order valence-electron chi connectivity index (χ4n) is 0.955. The van der Waals surface area contributed by atoms with Crippen LogP contribution in [0.4, 0.5) is 0 Å². The Hall–Kier alpha value is -1.28. The van der Waals surface area contributed by atoms with Gasteiger partial charge in [0, 0.05) is 0 Å². The first kappa shape index (κ1) is 10.8. The first-order chi connectivity index (χ1) is 6.74. The fourth-order valence-corrected chi connectivity index (χ4v) is 1.14. The molecule has 1 rings (SSSR count). The predicted molar refractivity (Wildman–Crippen MR) is 56.9 cm³/mol. The molecule has 0 fully saturated rings. The quantitative estimate of drug-likeness (QED) is 0.567. The molecule has 0 unspecified atom stereocenters. The van der Waals surface area contributed by atoms with Crippen LogP contribution in [-0.2, 0) is 9.53 Å². The summed E-state index contributed by atoms with van der Waals surface area (Å²) in [5.74, 6) is -0.488. The zero-order valence-corrected chi connectivity index (χ0v) is 8.62. The van der Waals surface area contributed by atoms with Crippen LogP contribution in [0.25, 0.3) is 6.08 Å². The standard InChI is InChI=1S/C11H11ClO2/c1-2-14-11(13)10(12)8-9-6-4-3-5-7-9/h3-8H,2H2,1H3/b10-8-. The van der Waals surface area contributed by atoms with Gasteiger partial charge in [-0.25, -0.2) is 4.79 Å². The molecular weight excluding hydrogens is 200 g/mol. The van der Waals surface area contributed by atoms with E-state index in [1.54, 1.807) is 13.0 Å². The Kier molecular flexibility index (Phi) is 4.20. The highest BCUT2D eigenvalue weighted by Gasteiger charge is 2.06. The minimum atomic E-state index is -0.488. The van der Waals surface area contributed by atoms with Crippen LogP contribution in [0.2, 0.25) is 0 Å². The van der Waals surface area contributed by atoms with Crippen molar-refractivity contribution in [1.82, 2.24) is 0 Å². The molecule has 14 heavy (non-hydrogen) atoms. The molecule has 0 aliphatic heterocycles. The molecule has 0 amide bonds. The monoisotopic (exact) mass is 210 g/mol. The van der Waals surface area contributed by atoms with Crippen molar-refractivity contribution in [2.24, 2.45) is 0 Å². The number of carbonyl (C=O) groups is 1. The normalized spacial score (nSPS) is 11.1. The highest BCUT2D eigenvalue weighted by atomic mass is 35.5. The number of hydrogen-bond donors (Lipinski definition) is 0. The van der Waals surface area contributed by atoms with Crippen LogP contribution in [0.3, 0.4) is 0 Å². The third-order valence-electron chi connectivity index (χ3n) is 1.56. The summed E-state index contributed by atoms with van der Waals surface area (Å²) in [6, 6.07) is 9.38. The highest BCUT2D eigenvalue weighted by Crippen LogP contribution is 2.11. The lowest BCUT2D eigenvalue weighted by molar-refractivity contribution is -0.137. The van der Waals surface area contributed by atoms with Crippen LogP contribution in [0.15, 0.2) is 35.4 Å². The average molecular weight is 211 g/mol. The zero-order valence-electron chi connectivity index (χ0n) is 7.87. The Morgan fingerprint density at radius 3 is 2.64 bits per heavy atom. The average Bonchev–Trinajstić information content (AvgIpc) is 2.19. The van der Waals surface area contributed by atoms with Gasteiger partial charge < -0.3 is 4.74 Å². The van der Waals surface area contributed by atoms with E-state index in [9.17, 15) is 4.79 Å². The van der Waals surface area contributed by atoms with E-state index in [-0.39, 0.29) is 5.03 Å². The van der Waals surface area contributed by atoms with Crippen molar-refractivity contribution < 1.29 is 9.53 Å². The van der Waals surface area contributed by atoms with Gasteiger partial charge in [-0.15, -0.1) is 0 Å². The molecule has 74 valence electrons. The van der Waals surface area contributed by atoms with Crippen molar-refractivity contribution in [1.29, 1.82) is 0 Å². The van der Waals surface area contributed by atoms with Gasteiger partial charge in [0.05, 0.1) is 6.61 Å². The maximum Gasteiger partial charge on any atom is 0.349 e. The molecule has 0 N–H and O–H groups in total. The van der Waals surface area contributed by atoms with Gasteiger partial charge in [-0.05, 0) is 18.6 Å². The van der Waals surface area contributed by atoms with Crippen molar-refractivity contribution in [2.45, 2.75) is 6.92 Å². The lowest BCUT2D eigenvalue weighted by Gasteiger charge is -1.99. The molecular formula is C11H11ClO2. The van der Waals surface area contributed by atoms with Crippen LogP contribution in [0.1, 0.15) is 12.5 Å². The lowest BCUT2D eigenvalue weighted by atomic mass is 10.2. The van der Waals surface area contributed by atoms with Crippen molar-refractivity contribution in [3.63, 3.8) is 0 Å². The summed E-state index contributed by atoms with van der Waals surface area (Å²) < 4.78 is 4.74. The molecule has 1 aromatic carbocycles. The maximum atomic E-state index is 11.1. The van der Waals surface area contributed by atoms with Crippen molar-refractivity contribution >= 4 is 23.6 Å². The van der Waals surface area contributed by atoms with E-state index in [0.717, 1.165) is 5.56 Å². The maximum absolute atomic E-state index is 11.1.